The van der Waals surface area contributed by atoms with E-state index in [1.54, 1.807) is 17.5 Å². The number of hydrogen-bond acceptors (Lipinski definition) is 3. The summed E-state index contributed by atoms with van der Waals surface area (Å²) in [6.45, 7) is 1.90. The lowest BCUT2D eigenvalue weighted by Gasteiger charge is -1.97. The van der Waals surface area contributed by atoms with Gasteiger partial charge in [-0.1, -0.05) is 0 Å². The Labute approximate surface area is 79.7 Å². The van der Waals surface area contributed by atoms with E-state index < -0.39 is 0 Å². The summed E-state index contributed by atoms with van der Waals surface area (Å²) in [5.74, 6) is 0.307. The van der Waals surface area contributed by atoms with Crippen LogP contribution in [0.5, 0.6) is 5.75 Å². The van der Waals surface area contributed by atoms with Crippen molar-refractivity contribution >= 4 is 21.4 Å². The number of aryl methyl sites for hydroxylation is 1. The number of thiophene rings is 1. The lowest BCUT2D eigenvalue weighted by atomic mass is 10.1. The molecule has 0 bridgehead atoms. The fraction of sp³-hybridized carbons (Fsp3) is 0.100. The average molecular weight is 189 g/mol. The van der Waals surface area contributed by atoms with Gasteiger partial charge in [0.15, 0.2) is 0 Å². The van der Waals surface area contributed by atoms with Crippen LogP contribution in [0.1, 0.15) is 11.1 Å². The second kappa shape index (κ2) is 2.75. The van der Waals surface area contributed by atoms with Gasteiger partial charge in [0, 0.05) is 15.5 Å². The zero-order chi connectivity index (χ0) is 9.42. The van der Waals surface area contributed by atoms with Crippen LogP contribution in [0, 0.1) is 18.3 Å². The van der Waals surface area contributed by atoms with Gasteiger partial charge in [-0.15, -0.1) is 11.3 Å². The predicted molar refractivity (Wildman–Crippen MR) is 52.9 cm³/mol. The van der Waals surface area contributed by atoms with Gasteiger partial charge in [-0.3, -0.25) is 0 Å². The summed E-state index contributed by atoms with van der Waals surface area (Å²) < 4.78 is 0.967. The van der Waals surface area contributed by atoms with Gasteiger partial charge in [0.25, 0.3) is 0 Å². The van der Waals surface area contributed by atoms with Crippen LogP contribution in [0.3, 0.4) is 0 Å². The molecule has 1 N–H and O–H groups in total. The molecule has 0 unspecified atom stereocenters. The molecule has 0 radical (unpaired) electrons. The van der Waals surface area contributed by atoms with Crippen LogP contribution in [-0.2, 0) is 0 Å². The number of benzene rings is 1. The standard InChI is InChI=1S/C10H7NOS/c1-6-2-7(4-11)3-9-10(6)8(12)5-13-9/h2-3,5,12H,1H3. The van der Waals surface area contributed by atoms with Crippen LogP contribution < -0.4 is 0 Å². The minimum Gasteiger partial charge on any atom is -0.506 e. The average Bonchev–Trinajstić information content (AvgIpc) is 2.48. The van der Waals surface area contributed by atoms with Gasteiger partial charge in [-0.25, -0.2) is 0 Å². The Morgan fingerprint density at radius 3 is 2.92 bits per heavy atom. The molecule has 2 aromatic rings. The molecule has 64 valence electrons. The molecule has 0 saturated carbocycles. The molecule has 1 aromatic heterocycles. The van der Waals surface area contributed by atoms with Crippen LogP contribution in [0.2, 0.25) is 0 Å². The predicted octanol–water partition coefficient (Wildman–Crippen LogP) is 2.79. The molecule has 1 heterocycles. The second-order valence-electron chi connectivity index (χ2n) is 2.90. The smallest absolute Gasteiger partial charge is 0.134 e. The molecule has 1 aromatic carbocycles. The van der Waals surface area contributed by atoms with Gasteiger partial charge < -0.3 is 5.11 Å². The summed E-state index contributed by atoms with van der Waals surface area (Å²) in [7, 11) is 0. The molecule has 2 rings (SSSR count). The Kier molecular flexibility index (Phi) is 1.71. The van der Waals surface area contributed by atoms with Crippen LogP contribution >= 0.6 is 11.3 Å². The fourth-order valence-electron chi connectivity index (χ4n) is 1.42. The third-order valence-corrected chi connectivity index (χ3v) is 2.90. The van der Waals surface area contributed by atoms with Crippen molar-refractivity contribution < 1.29 is 5.11 Å². The number of hydrogen-bond donors (Lipinski definition) is 1. The first-order valence-electron chi connectivity index (χ1n) is 3.83. The van der Waals surface area contributed by atoms with E-state index in [9.17, 15) is 5.11 Å². The van der Waals surface area contributed by atoms with Gasteiger partial charge >= 0.3 is 0 Å². The van der Waals surface area contributed by atoms with E-state index in [0.717, 1.165) is 15.6 Å². The molecule has 0 spiro atoms. The van der Waals surface area contributed by atoms with Crippen molar-refractivity contribution in [3.63, 3.8) is 0 Å². The molecule has 3 heteroatoms. The van der Waals surface area contributed by atoms with Crippen LogP contribution in [-0.4, -0.2) is 5.11 Å². The summed E-state index contributed by atoms with van der Waals surface area (Å²) in [6, 6.07) is 5.68. The maximum atomic E-state index is 9.48. The van der Waals surface area contributed by atoms with E-state index in [2.05, 4.69) is 6.07 Å². The molecule has 0 fully saturated rings. The summed E-state index contributed by atoms with van der Waals surface area (Å²) in [5, 5.41) is 20.8. The van der Waals surface area contributed by atoms with E-state index in [4.69, 9.17) is 5.26 Å². The van der Waals surface area contributed by atoms with Crippen molar-refractivity contribution in [3.8, 4) is 11.8 Å². The Hall–Kier alpha value is -1.53. The largest absolute Gasteiger partial charge is 0.506 e. The Morgan fingerprint density at radius 2 is 2.23 bits per heavy atom. The molecule has 0 atom stereocenters. The lowest BCUT2D eigenvalue weighted by Crippen LogP contribution is -1.78. The van der Waals surface area contributed by atoms with E-state index in [-0.39, 0.29) is 0 Å². The first-order chi connectivity index (χ1) is 6.22. The van der Waals surface area contributed by atoms with E-state index >= 15 is 0 Å². The van der Waals surface area contributed by atoms with Gasteiger partial charge in [-0.2, -0.15) is 5.26 Å². The normalized spacial score (nSPS) is 10.2. The van der Waals surface area contributed by atoms with E-state index in [1.807, 2.05) is 6.92 Å². The Balaban J connectivity index is 2.89. The molecular weight excluding hydrogens is 182 g/mol. The number of aromatic hydroxyl groups is 1. The number of fused-ring (bicyclic) bond motifs is 1. The quantitative estimate of drug-likeness (QED) is 0.692. The zero-order valence-electron chi connectivity index (χ0n) is 7.03. The molecule has 0 amide bonds. The molecule has 13 heavy (non-hydrogen) atoms. The highest BCUT2D eigenvalue weighted by molar-refractivity contribution is 7.17. The molecule has 0 aliphatic rings. The molecule has 0 saturated heterocycles. The van der Waals surface area contributed by atoms with Crippen molar-refractivity contribution in [3.05, 3.63) is 28.6 Å². The fourth-order valence-corrected chi connectivity index (χ4v) is 2.35. The molecule has 0 aliphatic carbocycles. The third kappa shape index (κ3) is 1.16. The first-order valence-corrected chi connectivity index (χ1v) is 4.71. The first kappa shape index (κ1) is 8.09. The van der Waals surface area contributed by atoms with Crippen LogP contribution in [0.15, 0.2) is 17.5 Å². The monoisotopic (exact) mass is 189 g/mol. The van der Waals surface area contributed by atoms with E-state index in [0.29, 0.717) is 11.3 Å². The summed E-state index contributed by atoms with van der Waals surface area (Å²) in [6.07, 6.45) is 0. The van der Waals surface area contributed by atoms with Gasteiger partial charge in [-0.05, 0) is 24.6 Å². The molecule has 0 aliphatic heterocycles. The topological polar surface area (TPSA) is 44.0 Å². The highest BCUT2D eigenvalue weighted by Crippen LogP contribution is 2.34. The van der Waals surface area contributed by atoms with Crippen molar-refractivity contribution in [1.29, 1.82) is 5.26 Å². The highest BCUT2D eigenvalue weighted by atomic mass is 32.1. The lowest BCUT2D eigenvalue weighted by molar-refractivity contribution is 0.483. The molecular formula is C10H7NOS. The summed E-state index contributed by atoms with van der Waals surface area (Å²) >= 11 is 1.46. The van der Waals surface area contributed by atoms with Crippen molar-refractivity contribution in [1.82, 2.24) is 0 Å². The zero-order valence-corrected chi connectivity index (χ0v) is 7.85. The number of nitrogens with zero attached hydrogens (tertiary/aromatic N) is 1. The summed E-state index contributed by atoms with van der Waals surface area (Å²) in [4.78, 5) is 0. The number of nitriles is 1. The maximum Gasteiger partial charge on any atom is 0.134 e. The van der Waals surface area contributed by atoms with Gasteiger partial charge in [0.1, 0.15) is 5.75 Å². The van der Waals surface area contributed by atoms with Crippen molar-refractivity contribution in [2.45, 2.75) is 6.92 Å². The minimum absolute atomic E-state index is 0.307. The highest BCUT2D eigenvalue weighted by Gasteiger charge is 2.06. The number of rotatable bonds is 0. The Bertz CT molecular complexity index is 507. The van der Waals surface area contributed by atoms with Crippen LogP contribution in [0.25, 0.3) is 10.1 Å². The third-order valence-electron chi connectivity index (χ3n) is 1.98. The van der Waals surface area contributed by atoms with Crippen LogP contribution in [0.4, 0.5) is 0 Å². The Morgan fingerprint density at radius 1 is 1.46 bits per heavy atom. The second-order valence-corrected chi connectivity index (χ2v) is 3.81. The van der Waals surface area contributed by atoms with E-state index in [1.165, 1.54) is 11.3 Å². The maximum absolute atomic E-state index is 9.48. The van der Waals surface area contributed by atoms with Crippen molar-refractivity contribution in [2.24, 2.45) is 0 Å². The van der Waals surface area contributed by atoms with Crippen molar-refractivity contribution in [2.75, 3.05) is 0 Å². The molecule has 2 nitrogen and oxygen atoms in total. The summed E-state index contributed by atoms with van der Waals surface area (Å²) in [5.41, 5.74) is 1.60. The van der Waals surface area contributed by atoms with Gasteiger partial charge in [0.2, 0.25) is 0 Å². The SMILES string of the molecule is Cc1cc(C#N)cc2scc(O)c12. The minimum atomic E-state index is 0.307. The van der Waals surface area contributed by atoms with Gasteiger partial charge in [0.05, 0.1) is 11.6 Å².